The topological polar surface area (TPSA) is 46.2 Å². The van der Waals surface area contributed by atoms with Crippen molar-refractivity contribution in [2.24, 2.45) is 5.73 Å². The van der Waals surface area contributed by atoms with Gasteiger partial charge < -0.3 is 10.8 Å². The number of nitrogens with two attached hydrogens (primary N) is 1. The Kier molecular flexibility index (Phi) is 2.46. The first-order chi connectivity index (χ1) is 8.29. The fourth-order valence-corrected chi connectivity index (χ4v) is 2.48. The lowest BCUT2D eigenvalue weighted by Crippen LogP contribution is -2.14. The molecule has 1 atom stereocenters. The second-order valence-corrected chi connectivity index (χ2v) is 4.54. The fraction of sp³-hybridized carbons (Fsp3) is 0.200. The molecular formula is C15H15NO. The van der Waals surface area contributed by atoms with E-state index >= 15 is 0 Å². The van der Waals surface area contributed by atoms with Crippen molar-refractivity contribution in [3.05, 3.63) is 59.2 Å². The van der Waals surface area contributed by atoms with Gasteiger partial charge in [0, 0.05) is 0 Å². The molecule has 0 fully saturated rings. The van der Waals surface area contributed by atoms with Crippen LogP contribution >= 0.6 is 0 Å². The van der Waals surface area contributed by atoms with Crippen molar-refractivity contribution < 1.29 is 5.11 Å². The number of benzene rings is 2. The summed E-state index contributed by atoms with van der Waals surface area (Å²) in [5, 5.41) is 9.11. The van der Waals surface area contributed by atoms with Crippen LogP contribution in [0.3, 0.4) is 0 Å². The van der Waals surface area contributed by atoms with Crippen LogP contribution in [0.1, 0.15) is 22.7 Å². The van der Waals surface area contributed by atoms with E-state index in [0.717, 1.165) is 12.0 Å². The van der Waals surface area contributed by atoms with Crippen LogP contribution < -0.4 is 5.73 Å². The first-order valence-electron chi connectivity index (χ1n) is 5.87. The number of aliphatic hydroxyl groups is 1. The Morgan fingerprint density at radius 1 is 1.06 bits per heavy atom. The van der Waals surface area contributed by atoms with Crippen molar-refractivity contribution in [3.8, 4) is 11.1 Å². The Morgan fingerprint density at radius 3 is 2.65 bits per heavy atom. The third kappa shape index (κ3) is 1.66. The summed E-state index contributed by atoms with van der Waals surface area (Å²) in [6.45, 7) is -0.0135. The van der Waals surface area contributed by atoms with Crippen molar-refractivity contribution in [3.63, 3.8) is 0 Å². The summed E-state index contributed by atoms with van der Waals surface area (Å²) < 4.78 is 0. The van der Waals surface area contributed by atoms with Gasteiger partial charge in [0.15, 0.2) is 0 Å². The zero-order valence-corrected chi connectivity index (χ0v) is 9.56. The lowest BCUT2D eigenvalue weighted by Gasteiger charge is -2.10. The van der Waals surface area contributed by atoms with E-state index in [1.54, 1.807) is 0 Å². The van der Waals surface area contributed by atoms with Crippen LogP contribution in [0.4, 0.5) is 0 Å². The first kappa shape index (κ1) is 10.5. The van der Waals surface area contributed by atoms with Gasteiger partial charge in [0.05, 0.1) is 12.6 Å². The van der Waals surface area contributed by atoms with E-state index < -0.39 is 0 Å². The zero-order chi connectivity index (χ0) is 11.8. The Balaban J connectivity index is 2.11. The fourth-order valence-electron chi connectivity index (χ4n) is 2.48. The Labute approximate surface area is 101 Å². The van der Waals surface area contributed by atoms with E-state index in [1.165, 1.54) is 22.3 Å². The van der Waals surface area contributed by atoms with Gasteiger partial charge in [-0.05, 0) is 40.3 Å². The Hall–Kier alpha value is -1.64. The summed E-state index contributed by atoms with van der Waals surface area (Å²) in [4.78, 5) is 0. The molecule has 0 amide bonds. The molecule has 17 heavy (non-hydrogen) atoms. The number of aliphatic hydroxyl groups excluding tert-OH is 1. The molecule has 2 nitrogen and oxygen atoms in total. The van der Waals surface area contributed by atoms with Gasteiger partial charge in [-0.1, -0.05) is 36.4 Å². The molecule has 0 saturated carbocycles. The van der Waals surface area contributed by atoms with Crippen LogP contribution in [0.25, 0.3) is 11.1 Å². The van der Waals surface area contributed by atoms with E-state index in [9.17, 15) is 0 Å². The molecule has 0 unspecified atom stereocenters. The minimum absolute atomic E-state index is 0.0135. The minimum Gasteiger partial charge on any atom is -0.394 e. The average molecular weight is 225 g/mol. The summed E-state index contributed by atoms with van der Waals surface area (Å²) in [6, 6.07) is 14.4. The molecule has 0 bridgehead atoms. The van der Waals surface area contributed by atoms with Crippen molar-refractivity contribution in [2.75, 3.05) is 6.61 Å². The molecule has 0 radical (unpaired) electrons. The van der Waals surface area contributed by atoms with Gasteiger partial charge in [-0.3, -0.25) is 0 Å². The Morgan fingerprint density at radius 2 is 1.82 bits per heavy atom. The lowest BCUT2D eigenvalue weighted by atomic mass is 10.00. The van der Waals surface area contributed by atoms with Crippen LogP contribution in [0.5, 0.6) is 0 Å². The summed E-state index contributed by atoms with van der Waals surface area (Å²) in [7, 11) is 0. The molecule has 86 valence electrons. The van der Waals surface area contributed by atoms with Crippen molar-refractivity contribution in [1.82, 2.24) is 0 Å². The molecule has 2 aromatic carbocycles. The molecule has 1 aliphatic carbocycles. The van der Waals surface area contributed by atoms with E-state index in [-0.39, 0.29) is 12.6 Å². The van der Waals surface area contributed by atoms with E-state index in [1.807, 2.05) is 6.07 Å². The molecule has 1 aliphatic rings. The quantitative estimate of drug-likeness (QED) is 0.702. The molecule has 3 N–H and O–H groups in total. The van der Waals surface area contributed by atoms with Crippen molar-refractivity contribution >= 4 is 0 Å². The normalized spacial score (nSPS) is 14.2. The van der Waals surface area contributed by atoms with Gasteiger partial charge in [0.1, 0.15) is 0 Å². The van der Waals surface area contributed by atoms with Crippen molar-refractivity contribution in [2.45, 2.75) is 12.5 Å². The SMILES string of the molecule is N[C@@H](CO)c1ccc2c(c1)-c1ccccc1C2. The molecule has 0 aliphatic heterocycles. The third-order valence-corrected chi connectivity index (χ3v) is 3.45. The van der Waals surface area contributed by atoms with Gasteiger partial charge in [-0.2, -0.15) is 0 Å². The molecule has 3 rings (SSSR count). The maximum atomic E-state index is 9.11. The van der Waals surface area contributed by atoms with Gasteiger partial charge in [-0.25, -0.2) is 0 Å². The van der Waals surface area contributed by atoms with Crippen LogP contribution in [0, 0.1) is 0 Å². The van der Waals surface area contributed by atoms with E-state index in [0.29, 0.717) is 0 Å². The smallest absolute Gasteiger partial charge is 0.0624 e. The highest BCUT2D eigenvalue weighted by molar-refractivity contribution is 5.77. The molecule has 0 heterocycles. The van der Waals surface area contributed by atoms with Crippen LogP contribution in [-0.2, 0) is 6.42 Å². The summed E-state index contributed by atoms with van der Waals surface area (Å²) in [6.07, 6.45) is 1.00. The number of fused-ring (bicyclic) bond motifs is 3. The van der Waals surface area contributed by atoms with Gasteiger partial charge >= 0.3 is 0 Å². The molecule has 2 aromatic rings. The predicted molar refractivity (Wildman–Crippen MR) is 68.7 cm³/mol. The lowest BCUT2D eigenvalue weighted by molar-refractivity contribution is 0.268. The summed E-state index contributed by atoms with van der Waals surface area (Å²) in [5.74, 6) is 0. The maximum absolute atomic E-state index is 9.11. The van der Waals surface area contributed by atoms with Gasteiger partial charge in [-0.15, -0.1) is 0 Å². The molecule has 0 spiro atoms. The third-order valence-electron chi connectivity index (χ3n) is 3.45. The predicted octanol–water partition coefficient (Wildman–Crippen LogP) is 2.25. The molecule has 2 heteroatoms. The van der Waals surface area contributed by atoms with Crippen molar-refractivity contribution in [1.29, 1.82) is 0 Å². The van der Waals surface area contributed by atoms with E-state index in [4.69, 9.17) is 10.8 Å². The number of hydrogen-bond acceptors (Lipinski definition) is 2. The van der Waals surface area contributed by atoms with Gasteiger partial charge in [0.2, 0.25) is 0 Å². The van der Waals surface area contributed by atoms with E-state index in [2.05, 4.69) is 36.4 Å². The number of rotatable bonds is 2. The standard InChI is InChI=1S/C15H15NO/c16-15(9-17)12-6-5-11-7-10-3-1-2-4-13(10)14(11)8-12/h1-6,8,15,17H,7,9,16H2/t15-/m0/s1. The van der Waals surface area contributed by atoms with Crippen LogP contribution in [-0.4, -0.2) is 11.7 Å². The first-order valence-corrected chi connectivity index (χ1v) is 5.87. The second kappa shape index (κ2) is 3.99. The summed E-state index contributed by atoms with van der Waals surface area (Å²) >= 11 is 0. The molecular weight excluding hydrogens is 210 g/mol. The zero-order valence-electron chi connectivity index (χ0n) is 9.56. The summed E-state index contributed by atoms with van der Waals surface area (Å²) in [5.41, 5.74) is 12.1. The highest BCUT2D eigenvalue weighted by atomic mass is 16.3. The van der Waals surface area contributed by atoms with Gasteiger partial charge in [0.25, 0.3) is 0 Å². The van der Waals surface area contributed by atoms with Crippen LogP contribution in [0.15, 0.2) is 42.5 Å². The molecule has 0 aromatic heterocycles. The second-order valence-electron chi connectivity index (χ2n) is 4.54. The maximum Gasteiger partial charge on any atom is 0.0624 e. The Bertz CT molecular complexity index is 563. The minimum atomic E-state index is -0.284. The monoisotopic (exact) mass is 225 g/mol. The molecule has 0 saturated heterocycles. The largest absolute Gasteiger partial charge is 0.394 e. The highest BCUT2D eigenvalue weighted by Gasteiger charge is 2.18. The average Bonchev–Trinajstić information content (AvgIpc) is 2.75. The number of hydrogen-bond donors (Lipinski definition) is 2. The van der Waals surface area contributed by atoms with Crippen LogP contribution in [0.2, 0.25) is 0 Å². The highest BCUT2D eigenvalue weighted by Crippen LogP contribution is 2.37.